The van der Waals surface area contributed by atoms with Crippen LogP contribution in [0.2, 0.25) is 0 Å². The molecule has 114 valence electrons. The number of benzene rings is 2. The number of rotatable bonds is 1. The Balaban J connectivity index is 2.35. The van der Waals surface area contributed by atoms with Crippen LogP contribution in [0.4, 0.5) is 10.1 Å². The molecule has 2 aromatic carbocycles. The first-order valence-electron chi connectivity index (χ1n) is 6.94. The first kappa shape index (κ1) is 14.4. The molecule has 0 saturated heterocycles. The molecule has 5 heteroatoms. The molecule has 0 fully saturated rings. The van der Waals surface area contributed by atoms with E-state index in [-0.39, 0.29) is 11.7 Å². The molecule has 0 radical (unpaired) electrons. The van der Waals surface area contributed by atoms with E-state index in [9.17, 15) is 9.18 Å². The summed E-state index contributed by atoms with van der Waals surface area (Å²) in [6.45, 7) is 2.32. The molecule has 0 aliphatic carbocycles. The number of nitrogen functional groups attached to an aromatic ring is 1. The second kappa shape index (κ2) is 5.02. The van der Waals surface area contributed by atoms with E-state index in [1.54, 1.807) is 11.9 Å². The number of aryl methyl sites for hydroxylation is 1. The maximum absolute atomic E-state index is 14.1. The quantitative estimate of drug-likeness (QED) is 0.824. The number of fused-ring (bicyclic) bond motifs is 3. The third-order valence-corrected chi connectivity index (χ3v) is 4.06. The standard InChI is InChI=1S/C17H17FN2O2/c1-9-4-11-10(5-15(9)19)8-20(2)17(21)13-7-16(22-3)14(18)6-12(11)13/h4-7H,8,19H2,1-3H3. The SMILES string of the molecule is COc1cc2c(cc1F)-c1cc(C)c(N)cc1CN(C)C2=O. The molecule has 0 spiro atoms. The highest BCUT2D eigenvalue weighted by Gasteiger charge is 2.26. The van der Waals surface area contributed by atoms with Crippen molar-refractivity contribution in [1.29, 1.82) is 0 Å². The molecule has 1 amide bonds. The molecule has 0 unspecified atom stereocenters. The van der Waals surface area contributed by atoms with E-state index in [1.807, 2.05) is 19.1 Å². The summed E-state index contributed by atoms with van der Waals surface area (Å²) in [6, 6.07) is 6.58. The highest BCUT2D eigenvalue weighted by atomic mass is 19.1. The van der Waals surface area contributed by atoms with Crippen molar-refractivity contribution in [2.75, 3.05) is 19.9 Å². The van der Waals surface area contributed by atoms with E-state index >= 15 is 0 Å². The van der Waals surface area contributed by atoms with Gasteiger partial charge in [0.2, 0.25) is 0 Å². The molecule has 1 heterocycles. The fraction of sp³-hybridized carbons (Fsp3) is 0.235. The number of anilines is 1. The molecular formula is C17H17FN2O2. The highest BCUT2D eigenvalue weighted by molar-refractivity contribution is 6.03. The van der Waals surface area contributed by atoms with Crippen LogP contribution in [-0.2, 0) is 6.54 Å². The number of nitrogens with two attached hydrogens (primary N) is 1. The Kier molecular flexibility index (Phi) is 3.28. The largest absolute Gasteiger partial charge is 0.494 e. The van der Waals surface area contributed by atoms with Crippen LogP contribution in [0.1, 0.15) is 21.5 Å². The number of hydrogen-bond acceptors (Lipinski definition) is 3. The molecule has 3 rings (SSSR count). The molecule has 0 bridgehead atoms. The third-order valence-electron chi connectivity index (χ3n) is 4.06. The van der Waals surface area contributed by atoms with Gasteiger partial charge in [0, 0.05) is 19.3 Å². The second-order valence-electron chi connectivity index (χ2n) is 5.56. The molecule has 1 aliphatic rings. The Hall–Kier alpha value is -2.56. The van der Waals surface area contributed by atoms with Crippen molar-refractivity contribution in [3.8, 4) is 16.9 Å². The molecule has 4 nitrogen and oxygen atoms in total. The lowest BCUT2D eigenvalue weighted by Crippen LogP contribution is -2.25. The van der Waals surface area contributed by atoms with Crippen LogP contribution in [0.15, 0.2) is 24.3 Å². The van der Waals surface area contributed by atoms with Gasteiger partial charge in [0.05, 0.1) is 12.7 Å². The average Bonchev–Trinajstić information content (AvgIpc) is 2.57. The van der Waals surface area contributed by atoms with Crippen molar-refractivity contribution < 1.29 is 13.9 Å². The predicted molar refractivity (Wildman–Crippen MR) is 83.3 cm³/mol. The molecule has 0 saturated carbocycles. The van der Waals surface area contributed by atoms with Crippen LogP contribution in [-0.4, -0.2) is 25.0 Å². The zero-order valence-corrected chi connectivity index (χ0v) is 12.7. The number of methoxy groups -OCH3 is 1. The summed E-state index contributed by atoms with van der Waals surface area (Å²) in [5.41, 5.74) is 10.3. The molecule has 2 N–H and O–H groups in total. The minimum Gasteiger partial charge on any atom is -0.494 e. The summed E-state index contributed by atoms with van der Waals surface area (Å²) in [4.78, 5) is 14.2. The van der Waals surface area contributed by atoms with Gasteiger partial charge in [-0.1, -0.05) is 0 Å². The van der Waals surface area contributed by atoms with Gasteiger partial charge in [-0.25, -0.2) is 4.39 Å². The molecule has 0 aromatic heterocycles. The maximum Gasteiger partial charge on any atom is 0.254 e. The molecular weight excluding hydrogens is 283 g/mol. The van der Waals surface area contributed by atoms with Crippen LogP contribution in [0, 0.1) is 12.7 Å². The lowest BCUT2D eigenvalue weighted by atomic mass is 9.94. The summed E-state index contributed by atoms with van der Waals surface area (Å²) >= 11 is 0. The first-order chi connectivity index (χ1) is 10.4. The smallest absolute Gasteiger partial charge is 0.254 e. The first-order valence-corrected chi connectivity index (χ1v) is 6.94. The van der Waals surface area contributed by atoms with Gasteiger partial charge in [0.1, 0.15) is 0 Å². The van der Waals surface area contributed by atoms with Gasteiger partial charge in [-0.15, -0.1) is 0 Å². The molecule has 22 heavy (non-hydrogen) atoms. The minimum absolute atomic E-state index is 0.0658. The van der Waals surface area contributed by atoms with Crippen LogP contribution in [0.3, 0.4) is 0 Å². The van der Waals surface area contributed by atoms with Crippen LogP contribution in [0.25, 0.3) is 11.1 Å². The van der Waals surface area contributed by atoms with Gasteiger partial charge < -0.3 is 15.4 Å². The number of carbonyl (C=O) groups is 1. The fourth-order valence-corrected chi connectivity index (χ4v) is 2.80. The van der Waals surface area contributed by atoms with Crippen LogP contribution in [0.5, 0.6) is 5.75 Å². The van der Waals surface area contributed by atoms with E-state index in [1.165, 1.54) is 19.2 Å². The van der Waals surface area contributed by atoms with E-state index in [0.717, 1.165) is 16.7 Å². The zero-order chi connectivity index (χ0) is 16.0. The second-order valence-corrected chi connectivity index (χ2v) is 5.56. The monoisotopic (exact) mass is 300 g/mol. The highest BCUT2D eigenvalue weighted by Crippen LogP contribution is 2.37. The van der Waals surface area contributed by atoms with Crippen LogP contribution >= 0.6 is 0 Å². The third kappa shape index (κ3) is 2.09. The van der Waals surface area contributed by atoms with Crippen molar-refractivity contribution in [3.05, 3.63) is 46.8 Å². The normalized spacial score (nSPS) is 13.5. The Morgan fingerprint density at radius 3 is 2.59 bits per heavy atom. The number of hydrogen-bond donors (Lipinski definition) is 1. The van der Waals surface area contributed by atoms with Crippen LogP contribution < -0.4 is 10.5 Å². The van der Waals surface area contributed by atoms with E-state index < -0.39 is 5.82 Å². The van der Waals surface area contributed by atoms with Gasteiger partial charge >= 0.3 is 0 Å². The number of amides is 1. The van der Waals surface area contributed by atoms with Crippen molar-refractivity contribution >= 4 is 11.6 Å². The van der Waals surface area contributed by atoms with Gasteiger partial charge in [0.25, 0.3) is 5.91 Å². The van der Waals surface area contributed by atoms with E-state index in [2.05, 4.69) is 0 Å². The maximum atomic E-state index is 14.1. The van der Waals surface area contributed by atoms with Crippen molar-refractivity contribution in [2.24, 2.45) is 0 Å². The Labute approximate surface area is 128 Å². The fourth-order valence-electron chi connectivity index (χ4n) is 2.80. The lowest BCUT2D eigenvalue weighted by Gasteiger charge is -2.15. The Morgan fingerprint density at radius 1 is 1.18 bits per heavy atom. The zero-order valence-electron chi connectivity index (χ0n) is 12.7. The number of ether oxygens (including phenoxy) is 1. The van der Waals surface area contributed by atoms with E-state index in [4.69, 9.17) is 10.5 Å². The average molecular weight is 300 g/mol. The van der Waals surface area contributed by atoms with E-state index in [0.29, 0.717) is 23.4 Å². The molecule has 0 atom stereocenters. The molecule has 1 aliphatic heterocycles. The Morgan fingerprint density at radius 2 is 1.91 bits per heavy atom. The minimum atomic E-state index is -0.487. The van der Waals surface area contributed by atoms with Gasteiger partial charge in [-0.2, -0.15) is 0 Å². The van der Waals surface area contributed by atoms with Gasteiger partial charge in [0.15, 0.2) is 11.6 Å². The summed E-state index contributed by atoms with van der Waals surface area (Å²) < 4.78 is 19.1. The van der Waals surface area contributed by atoms with Crippen molar-refractivity contribution in [1.82, 2.24) is 4.90 Å². The van der Waals surface area contributed by atoms with Crippen molar-refractivity contribution in [3.63, 3.8) is 0 Å². The van der Waals surface area contributed by atoms with Crippen molar-refractivity contribution in [2.45, 2.75) is 13.5 Å². The summed E-state index contributed by atoms with van der Waals surface area (Å²) in [7, 11) is 3.10. The topological polar surface area (TPSA) is 55.6 Å². The predicted octanol–water partition coefficient (Wildman–Crippen LogP) is 2.98. The summed E-state index contributed by atoms with van der Waals surface area (Å²) in [5.74, 6) is -0.587. The molecule has 2 aromatic rings. The van der Waals surface area contributed by atoms with Gasteiger partial charge in [-0.05, 0) is 53.4 Å². The number of halogens is 1. The summed E-state index contributed by atoms with van der Waals surface area (Å²) in [6.07, 6.45) is 0. The number of nitrogens with zero attached hydrogens (tertiary/aromatic N) is 1. The Bertz CT molecular complexity index is 787. The lowest BCUT2D eigenvalue weighted by molar-refractivity contribution is 0.0788. The summed E-state index contributed by atoms with van der Waals surface area (Å²) in [5, 5.41) is 0. The number of carbonyl (C=O) groups excluding carboxylic acids is 1. The van der Waals surface area contributed by atoms with Gasteiger partial charge in [-0.3, -0.25) is 4.79 Å².